The first-order valence-electron chi connectivity index (χ1n) is 2.78. The number of hydrogen-bond donors (Lipinski definition) is 1. The molecule has 4 heteroatoms. The van der Waals surface area contributed by atoms with Crippen molar-refractivity contribution in [2.24, 2.45) is 0 Å². The summed E-state index contributed by atoms with van der Waals surface area (Å²) in [5.74, 6) is 0. The van der Waals surface area contributed by atoms with E-state index in [1.807, 2.05) is 6.07 Å². The minimum atomic E-state index is 0.184. The Bertz CT molecular complexity index is 204. The Kier molecular flexibility index (Phi) is 3.17. The summed E-state index contributed by atoms with van der Waals surface area (Å²) in [6, 6.07) is 1.93. The Morgan fingerprint density at radius 1 is 1.70 bits per heavy atom. The summed E-state index contributed by atoms with van der Waals surface area (Å²) in [6.07, 6.45) is 0.690. The molecule has 0 saturated carbocycles. The van der Waals surface area contributed by atoms with Crippen LogP contribution >= 0.6 is 38.9 Å². The number of aliphatic hydroxyl groups excluding tert-OH is 1. The van der Waals surface area contributed by atoms with Gasteiger partial charge in [-0.3, -0.25) is 0 Å². The van der Waals surface area contributed by atoms with Crippen molar-refractivity contribution in [2.75, 3.05) is 6.61 Å². The normalized spacial score (nSPS) is 10.3. The first-order chi connectivity index (χ1) is 4.74. The van der Waals surface area contributed by atoms with Crippen LogP contribution in [-0.4, -0.2) is 11.7 Å². The lowest BCUT2D eigenvalue weighted by Crippen LogP contribution is -1.84. The summed E-state index contributed by atoms with van der Waals surface area (Å²) in [7, 11) is 0. The molecule has 0 fully saturated rings. The van der Waals surface area contributed by atoms with Crippen LogP contribution in [0.4, 0.5) is 0 Å². The van der Waals surface area contributed by atoms with Crippen LogP contribution in [0.25, 0.3) is 0 Å². The quantitative estimate of drug-likeness (QED) is 0.844. The van der Waals surface area contributed by atoms with E-state index in [9.17, 15) is 0 Å². The minimum Gasteiger partial charge on any atom is -0.396 e. The van der Waals surface area contributed by atoms with Crippen LogP contribution < -0.4 is 0 Å². The van der Waals surface area contributed by atoms with Gasteiger partial charge < -0.3 is 5.11 Å². The third kappa shape index (κ3) is 1.95. The van der Waals surface area contributed by atoms with Gasteiger partial charge in [0.05, 0.1) is 0 Å². The van der Waals surface area contributed by atoms with Gasteiger partial charge in [0.1, 0.15) is 4.34 Å². The average molecular weight is 242 g/mol. The standard InChI is InChI=1S/C6H6BrClOS/c7-5-3-4(1-2-9)10-6(5)8/h3,9H,1-2H2. The molecular weight excluding hydrogens is 235 g/mol. The second-order valence-corrected chi connectivity index (χ2v) is 4.40. The predicted molar refractivity (Wildman–Crippen MR) is 47.8 cm³/mol. The summed E-state index contributed by atoms with van der Waals surface area (Å²) in [5, 5.41) is 8.57. The Labute approximate surface area is 76.8 Å². The first-order valence-corrected chi connectivity index (χ1v) is 4.77. The van der Waals surface area contributed by atoms with Gasteiger partial charge in [0.25, 0.3) is 0 Å². The SMILES string of the molecule is OCCc1cc(Br)c(Cl)s1. The van der Waals surface area contributed by atoms with Gasteiger partial charge in [0, 0.05) is 22.4 Å². The zero-order valence-corrected chi connectivity index (χ0v) is 8.26. The predicted octanol–water partition coefficient (Wildman–Crippen LogP) is 2.70. The molecule has 1 aromatic rings. The van der Waals surface area contributed by atoms with Crippen molar-refractivity contribution in [3.63, 3.8) is 0 Å². The van der Waals surface area contributed by atoms with E-state index in [4.69, 9.17) is 16.7 Å². The van der Waals surface area contributed by atoms with E-state index in [0.717, 1.165) is 13.7 Å². The molecule has 1 rings (SSSR count). The van der Waals surface area contributed by atoms with Gasteiger partial charge in [-0.25, -0.2) is 0 Å². The first kappa shape index (κ1) is 8.53. The van der Waals surface area contributed by atoms with Crippen LogP contribution in [0.15, 0.2) is 10.5 Å². The van der Waals surface area contributed by atoms with Crippen molar-refractivity contribution in [3.8, 4) is 0 Å². The second kappa shape index (κ2) is 3.72. The van der Waals surface area contributed by atoms with Gasteiger partial charge in [-0.15, -0.1) is 11.3 Å². The lowest BCUT2D eigenvalue weighted by Gasteiger charge is -1.86. The maximum Gasteiger partial charge on any atom is 0.107 e. The highest BCUT2D eigenvalue weighted by molar-refractivity contribution is 9.10. The van der Waals surface area contributed by atoms with Crippen molar-refractivity contribution in [1.82, 2.24) is 0 Å². The van der Waals surface area contributed by atoms with Crippen LogP contribution in [0.2, 0.25) is 4.34 Å². The summed E-state index contributed by atoms with van der Waals surface area (Å²) in [5.41, 5.74) is 0. The highest BCUT2D eigenvalue weighted by atomic mass is 79.9. The van der Waals surface area contributed by atoms with Crippen LogP contribution in [0, 0.1) is 0 Å². The number of halogens is 2. The van der Waals surface area contributed by atoms with E-state index in [0.29, 0.717) is 6.42 Å². The minimum absolute atomic E-state index is 0.184. The molecule has 0 aliphatic heterocycles. The lowest BCUT2D eigenvalue weighted by atomic mass is 10.4. The summed E-state index contributed by atoms with van der Waals surface area (Å²) in [6.45, 7) is 0.184. The topological polar surface area (TPSA) is 20.2 Å². The van der Waals surface area contributed by atoms with Crippen molar-refractivity contribution in [3.05, 3.63) is 19.8 Å². The molecule has 0 radical (unpaired) electrons. The number of hydrogen-bond acceptors (Lipinski definition) is 2. The van der Waals surface area contributed by atoms with Gasteiger partial charge >= 0.3 is 0 Å². The summed E-state index contributed by atoms with van der Waals surface area (Å²) in [4.78, 5) is 1.11. The number of thiophene rings is 1. The Balaban J connectivity index is 2.77. The molecule has 0 spiro atoms. The van der Waals surface area contributed by atoms with Gasteiger partial charge in [-0.2, -0.15) is 0 Å². The van der Waals surface area contributed by atoms with Crippen LogP contribution in [0.1, 0.15) is 4.88 Å². The third-order valence-corrected chi connectivity index (χ3v) is 3.59. The maximum atomic E-state index is 8.57. The van der Waals surface area contributed by atoms with Crippen molar-refractivity contribution >= 4 is 38.9 Å². The molecule has 0 bridgehead atoms. The van der Waals surface area contributed by atoms with Gasteiger partial charge in [0.2, 0.25) is 0 Å². The Morgan fingerprint density at radius 2 is 2.40 bits per heavy atom. The third-order valence-electron chi connectivity index (χ3n) is 1.05. The van der Waals surface area contributed by atoms with E-state index in [1.54, 1.807) is 0 Å². The molecule has 1 aromatic heterocycles. The molecule has 0 aliphatic carbocycles. The van der Waals surface area contributed by atoms with E-state index in [2.05, 4.69) is 15.9 Å². The highest BCUT2D eigenvalue weighted by Gasteiger charge is 2.02. The zero-order valence-electron chi connectivity index (χ0n) is 5.10. The average Bonchev–Trinajstić information content (AvgIpc) is 2.14. The molecule has 1 N–H and O–H groups in total. The molecule has 0 saturated heterocycles. The monoisotopic (exact) mass is 240 g/mol. The molecule has 0 amide bonds. The summed E-state index contributed by atoms with van der Waals surface area (Å²) >= 11 is 10.5. The fourth-order valence-corrected chi connectivity index (χ4v) is 2.40. The van der Waals surface area contributed by atoms with E-state index < -0.39 is 0 Å². The molecule has 0 aromatic carbocycles. The van der Waals surface area contributed by atoms with Gasteiger partial charge in [-0.1, -0.05) is 11.6 Å². The van der Waals surface area contributed by atoms with Crippen molar-refractivity contribution in [2.45, 2.75) is 6.42 Å². The molecule has 1 heterocycles. The van der Waals surface area contributed by atoms with Crippen LogP contribution in [0.3, 0.4) is 0 Å². The largest absolute Gasteiger partial charge is 0.396 e. The van der Waals surface area contributed by atoms with Crippen LogP contribution in [0.5, 0.6) is 0 Å². The molecule has 10 heavy (non-hydrogen) atoms. The molecule has 0 aliphatic rings. The van der Waals surface area contributed by atoms with Gasteiger partial charge in [0.15, 0.2) is 0 Å². The highest BCUT2D eigenvalue weighted by Crippen LogP contribution is 2.31. The fourth-order valence-electron chi connectivity index (χ4n) is 0.625. The molecule has 1 nitrogen and oxygen atoms in total. The molecular formula is C6H6BrClOS. The maximum absolute atomic E-state index is 8.57. The second-order valence-electron chi connectivity index (χ2n) is 1.81. The van der Waals surface area contributed by atoms with Crippen molar-refractivity contribution in [1.29, 1.82) is 0 Å². The summed E-state index contributed by atoms with van der Waals surface area (Å²) < 4.78 is 1.67. The smallest absolute Gasteiger partial charge is 0.107 e. The van der Waals surface area contributed by atoms with Crippen LogP contribution in [-0.2, 0) is 6.42 Å². The number of rotatable bonds is 2. The van der Waals surface area contributed by atoms with E-state index in [1.165, 1.54) is 11.3 Å². The zero-order chi connectivity index (χ0) is 7.56. The fraction of sp³-hybridized carbons (Fsp3) is 0.333. The molecule has 56 valence electrons. The molecule has 0 atom stereocenters. The Morgan fingerprint density at radius 3 is 2.80 bits per heavy atom. The molecule has 0 unspecified atom stereocenters. The number of aliphatic hydroxyl groups is 1. The lowest BCUT2D eigenvalue weighted by molar-refractivity contribution is 0.300. The van der Waals surface area contributed by atoms with Crippen molar-refractivity contribution < 1.29 is 5.11 Å². The Hall–Kier alpha value is 0.430. The van der Waals surface area contributed by atoms with E-state index in [-0.39, 0.29) is 6.61 Å². The van der Waals surface area contributed by atoms with E-state index >= 15 is 0 Å². The van der Waals surface area contributed by atoms with Gasteiger partial charge in [-0.05, 0) is 22.0 Å².